The molecule has 2 amide bonds. The van der Waals surface area contributed by atoms with Gasteiger partial charge in [0.05, 0.1) is 7.11 Å². The second-order valence-corrected chi connectivity index (χ2v) is 7.62. The Labute approximate surface area is 176 Å². The molecule has 4 rings (SSSR count). The number of hydrogen-bond acceptors (Lipinski definition) is 4. The molecule has 1 saturated heterocycles. The number of carbonyl (C=O) groups excluding carboxylic acids is 1. The van der Waals surface area contributed by atoms with Crippen LogP contribution in [0.2, 0.25) is 0 Å². The Morgan fingerprint density at radius 3 is 2.73 bits per heavy atom. The Balaban J connectivity index is 1.33. The maximum atomic E-state index is 12.7. The molecule has 1 aliphatic heterocycles. The van der Waals surface area contributed by atoms with Crippen LogP contribution < -0.4 is 10.1 Å². The maximum Gasteiger partial charge on any atom is 0.317 e. The predicted octanol–water partition coefficient (Wildman–Crippen LogP) is 3.44. The van der Waals surface area contributed by atoms with Gasteiger partial charge in [0, 0.05) is 31.7 Å². The fraction of sp³-hybridized carbons (Fsp3) is 0.348. The number of hydrogen-bond donors (Lipinski definition) is 1. The standard InChI is InChI=1S/C23H27N5O2/c1-30-21-11-9-18(10-12-21)15-24-23(29)27-13-5-6-19(16-27)14-22-26-25-17-28(22)20-7-3-2-4-8-20/h2-4,7-12,17,19H,5-6,13-16H2,1H3,(H,24,29). The number of carbonyl (C=O) groups is 1. The third-order valence-electron chi connectivity index (χ3n) is 5.53. The number of para-hydroxylation sites is 1. The average Bonchev–Trinajstić information content (AvgIpc) is 3.26. The molecule has 30 heavy (non-hydrogen) atoms. The second-order valence-electron chi connectivity index (χ2n) is 7.62. The largest absolute Gasteiger partial charge is 0.497 e. The van der Waals surface area contributed by atoms with Gasteiger partial charge in [-0.2, -0.15) is 0 Å². The molecule has 0 saturated carbocycles. The van der Waals surface area contributed by atoms with Crippen LogP contribution in [0.15, 0.2) is 60.9 Å². The van der Waals surface area contributed by atoms with Gasteiger partial charge in [0.1, 0.15) is 17.9 Å². The summed E-state index contributed by atoms with van der Waals surface area (Å²) in [5.41, 5.74) is 2.11. The van der Waals surface area contributed by atoms with Gasteiger partial charge >= 0.3 is 6.03 Å². The van der Waals surface area contributed by atoms with E-state index in [1.54, 1.807) is 13.4 Å². The number of nitrogens with one attached hydrogen (secondary N) is 1. The summed E-state index contributed by atoms with van der Waals surface area (Å²) in [6.07, 6.45) is 4.65. The highest BCUT2D eigenvalue weighted by molar-refractivity contribution is 5.74. The lowest BCUT2D eigenvalue weighted by Gasteiger charge is -2.32. The summed E-state index contributed by atoms with van der Waals surface area (Å²) < 4.78 is 7.20. The number of likely N-dealkylation sites (tertiary alicyclic amines) is 1. The zero-order valence-electron chi connectivity index (χ0n) is 17.2. The van der Waals surface area contributed by atoms with Crippen molar-refractivity contribution in [3.63, 3.8) is 0 Å². The van der Waals surface area contributed by atoms with Gasteiger partial charge in [-0.15, -0.1) is 10.2 Å². The Morgan fingerprint density at radius 1 is 1.17 bits per heavy atom. The molecule has 0 bridgehead atoms. The number of nitrogens with zero attached hydrogens (tertiary/aromatic N) is 4. The Morgan fingerprint density at radius 2 is 1.97 bits per heavy atom. The molecule has 0 radical (unpaired) electrons. The lowest BCUT2D eigenvalue weighted by Crippen LogP contribution is -2.45. The Bertz CT molecular complexity index is 955. The number of ether oxygens (including phenoxy) is 1. The van der Waals surface area contributed by atoms with Crippen LogP contribution in [0.5, 0.6) is 5.75 Å². The van der Waals surface area contributed by atoms with Crippen molar-refractivity contribution in [1.29, 1.82) is 0 Å². The Kier molecular flexibility index (Phi) is 6.27. The number of urea groups is 1. The molecular weight excluding hydrogens is 378 g/mol. The van der Waals surface area contributed by atoms with Crippen LogP contribution >= 0.6 is 0 Å². The third kappa shape index (κ3) is 4.79. The molecule has 1 aliphatic rings. The van der Waals surface area contributed by atoms with Gasteiger partial charge in [0.15, 0.2) is 0 Å². The molecule has 1 unspecified atom stereocenters. The van der Waals surface area contributed by atoms with E-state index in [1.165, 1.54) is 0 Å². The third-order valence-corrected chi connectivity index (χ3v) is 5.53. The van der Waals surface area contributed by atoms with E-state index in [-0.39, 0.29) is 6.03 Å². The molecule has 7 heteroatoms. The molecule has 2 heterocycles. The molecule has 0 spiro atoms. The molecule has 156 valence electrons. The van der Waals surface area contributed by atoms with Gasteiger partial charge in [-0.3, -0.25) is 4.57 Å². The maximum absolute atomic E-state index is 12.7. The minimum Gasteiger partial charge on any atom is -0.497 e. The van der Waals surface area contributed by atoms with Crippen LogP contribution in [0, 0.1) is 5.92 Å². The molecule has 3 aromatic rings. The molecule has 1 N–H and O–H groups in total. The smallest absolute Gasteiger partial charge is 0.317 e. The topological polar surface area (TPSA) is 72.3 Å². The fourth-order valence-corrected chi connectivity index (χ4v) is 3.91. The quantitative estimate of drug-likeness (QED) is 0.682. The van der Waals surface area contributed by atoms with Crippen molar-refractivity contribution in [2.45, 2.75) is 25.8 Å². The minimum absolute atomic E-state index is 0.0138. The highest BCUT2D eigenvalue weighted by atomic mass is 16.5. The highest BCUT2D eigenvalue weighted by Gasteiger charge is 2.25. The van der Waals surface area contributed by atoms with Gasteiger partial charge in [-0.05, 0) is 48.6 Å². The van der Waals surface area contributed by atoms with Crippen molar-refractivity contribution in [1.82, 2.24) is 25.0 Å². The average molecular weight is 406 g/mol. The SMILES string of the molecule is COc1ccc(CNC(=O)N2CCCC(Cc3nncn3-c3ccccc3)C2)cc1. The lowest BCUT2D eigenvalue weighted by atomic mass is 9.94. The molecule has 1 atom stereocenters. The predicted molar refractivity (Wildman–Crippen MR) is 115 cm³/mol. The van der Waals surface area contributed by atoms with E-state index >= 15 is 0 Å². The molecular formula is C23H27N5O2. The van der Waals surface area contributed by atoms with E-state index in [2.05, 4.69) is 15.5 Å². The number of amides is 2. The summed E-state index contributed by atoms with van der Waals surface area (Å²) in [5, 5.41) is 11.5. The van der Waals surface area contributed by atoms with Gasteiger partial charge < -0.3 is 15.0 Å². The summed E-state index contributed by atoms with van der Waals surface area (Å²) in [5.74, 6) is 2.12. The van der Waals surface area contributed by atoms with E-state index in [1.807, 2.05) is 64.1 Å². The summed E-state index contributed by atoms with van der Waals surface area (Å²) in [6, 6.07) is 17.8. The van der Waals surface area contributed by atoms with Crippen LogP contribution in [0.3, 0.4) is 0 Å². The summed E-state index contributed by atoms with van der Waals surface area (Å²) >= 11 is 0. The van der Waals surface area contributed by atoms with Crippen molar-refractivity contribution in [2.24, 2.45) is 5.92 Å². The van der Waals surface area contributed by atoms with Crippen molar-refractivity contribution >= 4 is 6.03 Å². The number of piperidine rings is 1. The Hall–Kier alpha value is -3.35. The normalized spacial score (nSPS) is 16.3. The van der Waals surface area contributed by atoms with Crippen molar-refractivity contribution < 1.29 is 9.53 Å². The van der Waals surface area contributed by atoms with E-state index in [0.29, 0.717) is 12.5 Å². The van der Waals surface area contributed by atoms with Crippen molar-refractivity contribution in [3.05, 3.63) is 72.3 Å². The van der Waals surface area contributed by atoms with E-state index in [4.69, 9.17) is 4.74 Å². The van der Waals surface area contributed by atoms with Crippen LogP contribution in [-0.2, 0) is 13.0 Å². The number of aromatic nitrogens is 3. The van der Waals surface area contributed by atoms with E-state index < -0.39 is 0 Å². The second kappa shape index (κ2) is 9.43. The molecule has 7 nitrogen and oxygen atoms in total. The first-order chi connectivity index (χ1) is 14.7. The van der Waals surface area contributed by atoms with Crippen LogP contribution in [0.4, 0.5) is 4.79 Å². The molecule has 2 aromatic carbocycles. The zero-order valence-corrected chi connectivity index (χ0v) is 17.2. The van der Waals surface area contributed by atoms with Crippen LogP contribution in [0.1, 0.15) is 24.2 Å². The van der Waals surface area contributed by atoms with Crippen molar-refractivity contribution in [3.8, 4) is 11.4 Å². The highest BCUT2D eigenvalue weighted by Crippen LogP contribution is 2.21. The van der Waals surface area contributed by atoms with Crippen LogP contribution in [-0.4, -0.2) is 45.9 Å². The molecule has 1 aromatic heterocycles. The first kappa shape index (κ1) is 19.9. The van der Waals surface area contributed by atoms with Crippen LogP contribution in [0.25, 0.3) is 5.69 Å². The number of benzene rings is 2. The minimum atomic E-state index is -0.0138. The molecule has 1 fully saturated rings. The molecule has 0 aliphatic carbocycles. The van der Waals surface area contributed by atoms with Gasteiger partial charge in [-0.25, -0.2) is 4.79 Å². The summed E-state index contributed by atoms with van der Waals surface area (Å²) in [6.45, 7) is 2.03. The van der Waals surface area contributed by atoms with Gasteiger partial charge in [0.25, 0.3) is 0 Å². The van der Waals surface area contributed by atoms with Gasteiger partial charge in [-0.1, -0.05) is 30.3 Å². The zero-order chi connectivity index (χ0) is 20.8. The van der Waals surface area contributed by atoms with E-state index in [9.17, 15) is 4.79 Å². The van der Waals surface area contributed by atoms with Crippen molar-refractivity contribution in [2.75, 3.05) is 20.2 Å². The summed E-state index contributed by atoms with van der Waals surface area (Å²) in [4.78, 5) is 14.6. The lowest BCUT2D eigenvalue weighted by molar-refractivity contribution is 0.164. The number of methoxy groups -OCH3 is 1. The fourth-order valence-electron chi connectivity index (χ4n) is 3.91. The summed E-state index contributed by atoms with van der Waals surface area (Å²) in [7, 11) is 1.64. The first-order valence-electron chi connectivity index (χ1n) is 10.3. The van der Waals surface area contributed by atoms with E-state index in [0.717, 1.165) is 55.2 Å². The first-order valence-corrected chi connectivity index (χ1v) is 10.3. The number of rotatable bonds is 6. The monoisotopic (exact) mass is 405 g/mol. The van der Waals surface area contributed by atoms with Gasteiger partial charge in [0.2, 0.25) is 0 Å².